The zero-order valence-electron chi connectivity index (χ0n) is 14.5. The van der Waals surface area contributed by atoms with Crippen LogP contribution in [0.3, 0.4) is 0 Å². The molecule has 9 heteroatoms. The highest BCUT2D eigenvalue weighted by atomic mass is 19.1. The van der Waals surface area contributed by atoms with Gasteiger partial charge < -0.3 is 5.32 Å². The van der Waals surface area contributed by atoms with Crippen LogP contribution in [0.4, 0.5) is 10.1 Å². The molecule has 0 fully saturated rings. The fourth-order valence-electron chi connectivity index (χ4n) is 3.38. The molecule has 0 bridgehead atoms. The molecule has 1 amide bonds. The van der Waals surface area contributed by atoms with Gasteiger partial charge in [0.25, 0.3) is 0 Å². The van der Waals surface area contributed by atoms with E-state index in [4.69, 9.17) is 0 Å². The van der Waals surface area contributed by atoms with Crippen LogP contribution >= 0.6 is 0 Å². The third-order valence-electron chi connectivity index (χ3n) is 4.60. The summed E-state index contributed by atoms with van der Waals surface area (Å²) in [5.74, 6) is -0.383. The molecule has 3 aromatic rings. The van der Waals surface area contributed by atoms with Crippen molar-refractivity contribution in [2.45, 2.75) is 32.1 Å². The number of anilines is 1. The number of amides is 1. The first kappa shape index (κ1) is 16.4. The zero-order valence-corrected chi connectivity index (χ0v) is 14.5. The van der Waals surface area contributed by atoms with Gasteiger partial charge in [-0.2, -0.15) is 9.78 Å². The highest BCUT2D eigenvalue weighted by molar-refractivity contribution is 5.96. The fourth-order valence-corrected chi connectivity index (χ4v) is 3.38. The minimum Gasteiger partial charge on any atom is -0.325 e. The smallest absolute Gasteiger partial charge is 0.232 e. The third kappa shape index (κ3) is 2.85. The summed E-state index contributed by atoms with van der Waals surface area (Å²) in [5.41, 5.74) is 2.63. The highest BCUT2D eigenvalue weighted by Crippen LogP contribution is 2.32. The van der Waals surface area contributed by atoms with Gasteiger partial charge in [0.2, 0.25) is 5.91 Å². The number of aromatic nitrogens is 6. The van der Waals surface area contributed by atoms with Crippen molar-refractivity contribution in [3.63, 3.8) is 0 Å². The average Bonchev–Trinajstić information content (AvgIpc) is 3.20. The molecule has 0 saturated heterocycles. The lowest BCUT2D eigenvalue weighted by Gasteiger charge is -2.21. The van der Waals surface area contributed by atoms with Gasteiger partial charge in [-0.25, -0.2) is 4.39 Å². The molecule has 2 heterocycles. The molecule has 1 atom stereocenters. The lowest BCUT2D eigenvalue weighted by Crippen LogP contribution is -2.24. The topological polar surface area (TPSA) is 90.5 Å². The maximum absolute atomic E-state index is 14.2. The van der Waals surface area contributed by atoms with Crippen LogP contribution < -0.4 is 5.32 Å². The van der Waals surface area contributed by atoms with Crippen molar-refractivity contribution in [2.24, 2.45) is 7.05 Å². The van der Waals surface area contributed by atoms with E-state index in [1.54, 1.807) is 11.6 Å². The first-order valence-corrected chi connectivity index (χ1v) is 8.41. The number of rotatable bonds is 3. The van der Waals surface area contributed by atoms with Crippen molar-refractivity contribution in [3.8, 4) is 5.69 Å². The molecule has 1 unspecified atom stereocenters. The summed E-state index contributed by atoms with van der Waals surface area (Å²) in [6.07, 6.45) is 4.48. The summed E-state index contributed by atoms with van der Waals surface area (Å²) in [6.45, 7) is 1.68. The van der Waals surface area contributed by atoms with E-state index in [0.29, 0.717) is 11.5 Å². The molecule has 26 heavy (non-hydrogen) atoms. The predicted molar refractivity (Wildman–Crippen MR) is 91.4 cm³/mol. The summed E-state index contributed by atoms with van der Waals surface area (Å²) in [7, 11) is 1.86. The number of benzene rings is 1. The van der Waals surface area contributed by atoms with Crippen LogP contribution in [0.5, 0.6) is 0 Å². The lowest BCUT2D eigenvalue weighted by atomic mass is 9.86. The fraction of sp³-hybridized carbons (Fsp3) is 0.353. The lowest BCUT2D eigenvalue weighted by molar-refractivity contribution is -0.117. The van der Waals surface area contributed by atoms with Crippen LogP contribution in [0, 0.1) is 12.7 Å². The van der Waals surface area contributed by atoms with Gasteiger partial charge in [-0.15, -0.1) is 5.10 Å². The van der Waals surface area contributed by atoms with Crippen LogP contribution in [0.15, 0.2) is 24.4 Å². The molecule has 0 aliphatic heterocycles. The number of nitrogens with one attached hydrogen (secondary N) is 1. The first-order valence-electron chi connectivity index (χ1n) is 8.41. The Balaban J connectivity index is 1.60. The van der Waals surface area contributed by atoms with Gasteiger partial charge in [0, 0.05) is 24.5 Å². The van der Waals surface area contributed by atoms with Gasteiger partial charge in [0.15, 0.2) is 5.82 Å². The van der Waals surface area contributed by atoms with E-state index in [0.717, 1.165) is 30.5 Å². The van der Waals surface area contributed by atoms with E-state index in [1.165, 1.54) is 22.9 Å². The summed E-state index contributed by atoms with van der Waals surface area (Å²) in [4.78, 5) is 12.8. The maximum Gasteiger partial charge on any atom is 0.232 e. The number of carbonyl (C=O) groups is 1. The second-order valence-electron chi connectivity index (χ2n) is 6.44. The number of hydrogen-bond acceptors (Lipinski definition) is 5. The normalized spacial score (nSPS) is 16.3. The highest BCUT2D eigenvalue weighted by Gasteiger charge is 2.29. The van der Waals surface area contributed by atoms with Gasteiger partial charge in [-0.05, 0) is 54.8 Å². The van der Waals surface area contributed by atoms with Gasteiger partial charge in [0.1, 0.15) is 11.5 Å². The standard InChI is InChI=1S/C17H18FN7O/c1-10-20-22-23-25(10)16-8-11(6-7-14(16)18)19-17(26)12-4-3-5-15-13(12)9-24(2)21-15/h6-9,12H,3-5H2,1-2H3,(H,19,26). The molecule has 2 aromatic heterocycles. The van der Waals surface area contributed by atoms with E-state index in [-0.39, 0.29) is 17.5 Å². The first-order chi connectivity index (χ1) is 12.5. The molecule has 0 spiro atoms. The van der Waals surface area contributed by atoms with Crippen LogP contribution in [0.2, 0.25) is 0 Å². The van der Waals surface area contributed by atoms with Crippen LogP contribution in [-0.2, 0) is 18.3 Å². The van der Waals surface area contributed by atoms with Gasteiger partial charge in [-0.1, -0.05) is 0 Å². The van der Waals surface area contributed by atoms with Crippen molar-refractivity contribution >= 4 is 11.6 Å². The van der Waals surface area contributed by atoms with E-state index < -0.39 is 5.82 Å². The Kier molecular flexibility index (Phi) is 3.98. The van der Waals surface area contributed by atoms with Gasteiger partial charge in [0.05, 0.1) is 11.6 Å². The molecule has 1 N–H and O–H groups in total. The quantitative estimate of drug-likeness (QED) is 0.775. The average molecular weight is 355 g/mol. The van der Waals surface area contributed by atoms with E-state index in [9.17, 15) is 9.18 Å². The number of halogens is 1. The molecule has 4 rings (SSSR count). The molecular formula is C17H18FN7O. The van der Waals surface area contributed by atoms with Crippen molar-refractivity contribution in [1.82, 2.24) is 30.0 Å². The Morgan fingerprint density at radius 2 is 2.23 bits per heavy atom. The van der Waals surface area contributed by atoms with Crippen molar-refractivity contribution in [1.29, 1.82) is 0 Å². The SMILES string of the molecule is Cc1nnnn1-c1cc(NC(=O)C2CCCc3nn(C)cc32)ccc1F. The summed E-state index contributed by atoms with van der Waals surface area (Å²) >= 11 is 0. The Bertz CT molecular complexity index is 977. The number of carbonyl (C=O) groups excluding carboxylic acids is 1. The Hall–Kier alpha value is -3.10. The molecule has 0 saturated carbocycles. The van der Waals surface area contributed by atoms with E-state index >= 15 is 0 Å². The molecular weight excluding hydrogens is 337 g/mol. The number of fused-ring (bicyclic) bond motifs is 1. The van der Waals surface area contributed by atoms with Crippen LogP contribution in [-0.4, -0.2) is 35.9 Å². The second kappa shape index (κ2) is 6.32. The van der Waals surface area contributed by atoms with Crippen molar-refractivity contribution in [3.05, 3.63) is 47.3 Å². The predicted octanol–water partition coefficient (Wildman–Crippen LogP) is 1.90. The van der Waals surface area contributed by atoms with E-state index in [2.05, 4.69) is 25.9 Å². The van der Waals surface area contributed by atoms with Gasteiger partial charge >= 0.3 is 0 Å². The van der Waals surface area contributed by atoms with E-state index in [1.807, 2.05) is 13.2 Å². The minimum absolute atomic E-state index is 0.120. The molecule has 0 radical (unpaired) electrons. The summed E-state index contributed by atoms with van der Waals surface area (Å²) in [6, 6.07) is 4.36. The third-order valence-corrected chi connectivity index (χ3v) is 4.60. The summed E-state index contributed by atoms with van der Waals surface area (Å²) < 4.78 is 17.2. The minimum atomic E-state index is -0.467. The Labute approximate surface area is 149 Å². The van der Waals surface area contributed by atoms with Crippen LogP contribution in [0.1, 0.15) is 35.8 Å². The maximum atomic E-state index is 14.2. The molecule has 8 nitrogen and oxygen atoms in total. The Morgan fingerprint density at radius 3 is 3.00 bits per heavy atom. The largest absolute Gasteiger partial charge is 0.325 e. The van der Waals surface area contributed by atoms with Crippen molar-refractivity contribution < 1.29 is 9.18 Å². The Morgan fingerprint density at radius 1 is 1.38 bits per heavy atom. The molecule has 1 aliphatic carbocycles. The second-order valence-corrected chi connectivity index (χ2v) is 6.44. The number of nitrogens with zero attached hydrogens (tertiary/aromatic N) is 6. The zero-order chi connectivity index (χ0) is 18.3. The van der Waals surface area contributed by atoms with Gasteiger partial charge in [-0.3, -0.25) is 9.48 Å². The van der Waals surface area contributed by atoms with Crippen LogP contribution in [0.25, 0.3) is 5.69 Å². The van der Waals surface area contributed by atoms with Crippen molar-refractivity contribution in [2.75, 3.05) is 5.32 Å². The number of aryl methyl sites for hydroxylation is 3. The molecule has 1 aromatic carbocycles. The summed E-state index contributed by atoms with van der Waals surface area (Å²) in [5, 5.41) is 18.4. The number of tetrazole rings is 1. The molecule has 134 valence electrons. The number of hydrogen-bond donors (Lipinski definition) is 1. The molecule has 1 aliphatic rings. The monoisotopic (exact) mass is 355 g/mol.